The second kappa shape index (κ2) is 15.6. The van der Waals surface area contributed by atoms with Crippen LogP contribution in [0, 0.1) is 12.3 Å². The van der Waals surface area contributed by atoms with E-state index in [1.807, 2.05) is 11.8 Å². The van der Waals surface area contributed by atoms with Crippen LogP contribution in [0.4, 0.5) is 4.79 Å². The molecule has 0 aliphatic carbocycles. The van der Waals surface area contributed by atoms with E-state index in [0.29, 0.717) is 11.7 Å². The lowest BCUT2D eigenvalue weighted by Gasteiger charge is -2.21. The maximum atomic E-state index is 12.6. The first-order valence-electron chi connectivity index (χ1n) is 12.2. The molecule has 0 aromatic carbocycles. The number of hydrogen-bond donors (Lipinski definition) is 2. The van der Waals surface area contributed by atoms with Crippen LogP contribution in [0.25, 0.3) is 0 Å². The molecular weight excluding hydrogens is 542 g/mol. The van der Waals surface area contributed by atoms with E-state index in [1.165, 1.54) is 4.90 Å². The van der Waals surface area contributed by atoms with Gasteiger partial charge in [-0.2, -0.15) is 11.8 Å². The zero-order chi connectivity index (χ0) is 27.3. The highest BCUT2D eigenvalue weighted by molar-refractivity contribution is 8.00. The summed E-state index contributed by atoms with van der Waals surface area (Å²) in [5, 5.41) is 7.06. The van der Waals surface area contributed by atoms with Crippen molar-refractivity contribution in [3.63, 3.8) is 0 Å². The summed E-state index contributed by atoms with van der Waals surface area (Å²) in [6.07, 6.45) is 8.05. The van der Waals surface area contributed by atoms with Crippen LogP contribution in [0.15, 0.2) is 12.0 Å². The largest absolute Gasteiger partial charge is 0.378 e. The van der Waals surface area contributed by atoms with E-state index in [-0.39, 0.29) is 87.2 Å². The molecule has 0 aromatic heterocycles. The Labute approximate surface area is 224 Å². The van der Waals surface area contributed by atoms with Crippen molar-refractivity contribution in [2.75, 3.05) is 62.5 Å². The molecule has 2 N–H and O–H groups in total. The Morgan fingerprint density at radius 3 is 2.49 bits per heavy atom. The Morgan fingerprint density at radius 1 is 1.11 bits per heavy atom. The smallest absolute Gasteiger partial charge is 0.315 e. The average Bonchev–Trinajstić information content (AvgIpc) is 3.40. The third-order valence-electron chi connectivity index (χ3n) is 6.05. The third kappa shape index (κ3) is 11.6. The standard InChI is InChI=1S/C23H37N3O8S3/c1-3-9-26(21(27)8-6-5-7-20-22-19(18-35-20)24-23(28)25-22)10-15-37(31,32)17-14-34-12-11-33-13-16-36(29,30)4-2/h1,4,19-20,22H,2,5-18H2,(H2,24,25,28)/t19-,20-,22-/m0/s1. The van der Waals surface area contributed by atoms with E-state index in [0.717, 1.165) is 24.0 Å². The minimum absolute atomic E-state index is 0.00524. The van der Waals surface area contributed by atoms with E-state index in [9.17, 15) is 26.4 Å². The van der Waals surface area contributed by atoms with Crippen molar-refractivity contribution in [2.24, 2.45) is 0 Å². The predicted molar refractivity (Wildman–Crippen MR) is 144 cm³/mol. The molecule has 0 unspecified atom stereocenters. The van der Waals surface area contributed by atoms with E-state index in [2.05, 4.69) is 23.1 Å². The van der Waals surface area contributed by atoms with Crippen molar-refractivity contribution in [3.8, 4) is 12.3 Å². The maximum Gasteiger partial charge on any atom is 0.315 e. The summed E-state index contributed by atoms with van der Waals surface area (Å²) < 4.78 is 57.6. The first-order valence-corrected chi connectivity index (χ1v) is 16.8. The molecule has 2 rings (SSSR count). The number of fused-ring (bicyclic) bond motifs is 1. The van der Waals surface area contributed by atoms with Crippen LogP contribution in [0.2, 0.25) is 0 Å². The van der Waals surface area contributed by atoms with Gasteiger partial charge >= 0.3 is 6.03 Å². The van der Waals surface area contributed by atoms with Gasteiger partial charge in [-0.3, -0.25) is 4.79 Å². The Morgan fingerprint density at radius 2 is 1.81 bits per heavy atom. The van der Waals surface area contributed by atoms with Crippen molar-refractivity contribution in [2.45, 2.75) is 43.0 Å². The van der Waals surface area contributed by atoms with Crippen LogP contribution in [-0.4, -0.2) is 114 Å². The number of amides is 3. The number of sulfone groups is 2. The van der Waals surface area contributed by atoms with Gasteiger partial charge in [0.2, 0.25) is 5.91 Å². The summed E-state index contributed by atoms with van der Waals surface area (Å²) in [6.45, 7) is 3.53. The second-order valence-corrected chi connectivity index (χ2v) is 14.4. The summed E-state index contributed by atoms with van der Waals surface area (Å²) in [6, 6.07) is 0.184. The molecule has 3 atom stereocenters. The van der Waals surface area contributed by atoms with E-state index >= 15 is 0 Å². The van der Waals surface area contributed by atoms with Crippen molar-refractivity contribution in [1.82, 2.24) is 15.5 Å². The second-order valence-electron chi connectivity index (χ2n) is 8.80. The van der Waals surface area contributed by atoms with Gasteiger partial charge < -0.3 is 25.0 Å². The summed E-state index contributed by atoms with van der Waals surface area (Å²) in [7, 11) is -6.77. The van der Waals surface area contributed by atoms with Gasteiger partial charge in [-0.05, 0) is 12.8 Å². The number of terminal acetylenes is 1. The minimum Gasteiger partial charge on any atom is -0.378 e. The number of thioether (sulfide) groups is 1. The van der Waals surface area contributed by atoms with Gasteiger partial charge in [-0.25, -0.2) is 21.6 Å². The lowest BCUT2D eigenvalue weighted by molar-refractivity contribution is -0.130. The molecule has 37 heavy (non-hydrogen) atoms. The van der Waals surface area contributed by atoms with Crippen LogP contribution >= 0.6 is 11.8 Å². The lowest BCUT2D eigenvalue weighted by atomic mass is 10.0. The molecule has 0 radical (unpaired) electrons. The predicted octanol–water partition coefficient (Wildman–Crippen LogP) is 0.180. The number of rotatable bonds is 19. The molecule has 2 aliphatic rings. The summed E-state index contributed by atoms with van der Waals surface area (Å²) >= 11 is 1.83. The molecule has 14 heteroatoms. The first kappa shape index (κ1) is 31.4. The van der Waals surface area contributed by atoms with Crippen molar-refractivity contribution in [1.29, 1.82) is 0 Å². The third-order valence-corrected chi connectivity index (χ3v) is 10.4. The normalized spacial score (nSPS) is 21.1. The fourth-order valence-electron chi connectivity index (χ4n) is 3.94. The summed E-state index contributed by atoms with van der Waals surface area (Å²) in [4.78, 5) is 25.5. The molecule has 2 heterocycles. The van der Waals surface area contributed by atoms with E-state index in [4.69, 9.17) is 15.9 Å². The Balaban J connectivity index is 1.59. The molecule has 0 aromatic rings. The van der Waals surface area contributed by atoms with Crippen molar-refractivity contribution in [3.05, 3.63) is 12.0 Å². The zero-order valence-corrected chi connectivity index (χ0v) is 23.4. The Kier molecular flexibility index (Phi) is 13.2. The Bertz CT molecular complexity index is 1030. The van der Waals surface area contributed by atoms with Gasteiger partial charge in [0, 0.05) is 29.4 Å². The number of hydrogen-bond acceptors (Lipinski definition) is 9. The number of urea groups is 1. The van der Waals surface area contributed by atoms with Crippen LogP contribution in [0.1, 0.15) is 25.7 Å². The summed E-state index contributed by atoms with van der Waals surface area (Å²) in [5.74, 6) is 2.54. The molecule has 2 saturated heterocycles. The van der Waals surface area contributed by atoms with Gasteiger partial charge in [-0.1, -0.05) is 18.9 Å². The molecule has 0 saturated carbocycles. The molecule has 3 amide bonds. The topological polar surface area (TPSA) is 148 Å². The number of unbranched alkanes of at least 4 members (excludes halogenated alkanes) is 1. The minimum atomic E-state index is -3.46. The molecule has 2 aliphatic heterocycles. The molecular formula is C23H37N3O8S3. The number of nitrogens with zero attached hydrogens (tertiary/aromatic N) is 1. The number of nitrogens with one attached hydrogen (secondary N) is 2. The first-order chi connectivity index (χ1) is 17.6. The van der Waals surface area contributed by atoms with Gasteiger partial charge in [0.15, 0.2) is 19.7 Å². The van der Waals surface area contributed by atoms with E-state index in [1.54, 1.807) is 0 Å². The van der Waals surface area contributed by atoms with Gasteiger partial charge in [0.05, 0.1) is 62.3 Å². The monoisotopic (exact) mass is 579 g/mol. The molecule has 0 bridgehead atoms. The maximum absolute atomic E-state index is 12.6. The van der Waals surface area contributed by atoms with Crippen LogP contribution in [-0.2, 0) is 33.9 Å². The van der Waals surface area contributed by atoms with Crippen molar-refractivity contribution < 1.29 is 35.9 Å². The SMILES string of the molecule is C#CCN(CCS(=O)(=O)CCOCCOCCS(=O)(=O)C=C)C(=O)CCCC[C@@H]1SC[C@@H]2NC(=O)N[C@@H]21. The van der Waals surface area contributed by atoms with Crippen molar-refractivity contribution >= 4 is 43.4 Å². The highest BCUT2D eigenvalue weighted by atomic mass is 32.2. The molecule has 2 fully saturated rings. The number of carbonyl (C=O) groups is 2. The number of carbonyl (C=O) groups excluding carboxylic acids is 2. The van der Waals surface area contributed by atoms with Crippen LogP contribution in [0.5, 0.6) is 0 Å². The quantitative estimate of drug-likeness (QED) is 0.124. The highest BCUT2D eigenvalue weighted by Gasteiger charge is 2.42. The van der Waals surface area contributed by atoms with Crippen LogP contribution in [0.3, 0.4) is 0 Å². The van der Waals surface area contributed by atoms with Crippen LogP contribution < -0.4 is 10.6 Å². The van der Waals surface area contributed by atoms with Gasteiger partial charge in [-0.15, -0.1) is 6.42 Å². The molecule has 210 valence electrons. The fourth-order valence-corrected chi connectivity index (χ4v) is 7.08. The zero-order valence-electron chi connectivity index (χ0n) is 20.9. The summed E-state index contributed by atoms with van der Waals surface area (Å²) in [5.41, 5.74) is 0. The average molecular weight is 580 g/mol. The highest BCUT2D eigenvalue weighted by Crippen LogP contribution is 2.33. The van der Waals surface area contributed by atoms with E-state index < -0.39 is 19.7 Å². The van der Waals surface area contributed by atoms with Gasteiger partial charge in [0.1, 0.15) is 0 Å². The fraction of sp³-hybridized carbons (Fsp3) is 0.739. The lowest BCUT2D eigenvalue weighted by Crippen LogP contribution is -2.37. The molecule has 0 spiro atoms. The molecule has 11 nitrogen and oxygen atoms in total. The Hall–Kier alpha value is -1.79. The van der Waals surface area contributed by atoms with Gasteiger partial charge in [0.25, 0.3) is 0 Å². The number of ether oxygens (including phenoxy) is 2.